The van der Waals surface area contributed by atoms with Crippen molar-refractivity contribution in [3.63, 3.8) is 0 Å². The Hall–Kier alpha value is -3.68. The van der Waals surface area contributed by atoms with Crippen molar-refractivity contribution < 1.29 is 55.8 Å². The number of carboxylic acid groups (broad SMARTS) is 1. The first-order chi connectivity index (χ1) is 14.1. The van der Waals surface area contributed by atoms with Gasteiger partial charge in [0.15, 0.2) is 0 Å². The van der Waals surface area contributed by atoms with Gasteiger partial charge in [0.2, 0.25) is 0 Å². The first-order valence-electron chi connectivity index (χ1n) is 7.80. The molecule has 0 aromatic heterocycles. The van der Waals surface area contributed by atoms with Crippen LogP contribution in [0.2, 0.25) is 0 Å². The van der Waals surface area contributed by atoms with Gasteiger partial charge in [-0.2, -0.15) is 26.3 Å². The van der Waals surface area contributed by atoms with Gasteiger partial charge in [-0.15, -0.1) is 0 Å². The van der Waals surface area contributed by atoms with Crippen LogP contribution >= 0.6 is 0 Å². The first-order valence-corrected chi connectivity index (χ1v) is 7.80. The number of rotatable bonds is 5. The lowest BCUT2D eigenvalue weighted by molar-refractivity contribution is -0.385. The minimum absolute atomic E-state index is 0.218. The number of nitrogens with zero attached hydrogens (tertiary/aromatic N) is 1. The number of benzene rings is 2. The predicted octanol–water partition coefficient (Wildman–Crippen LogP) is 3.82. The third-order valence-electron chi connectivity index (χ3n) is 3.96. The Bertz CT molecular complexity index is 1020. The van der Waals surface area contributed by atoms with E-state index < -0.39 is 62.9 Å². The Morgan fingerprint density at radius 3 is 1.87 bits per heavy atom. The van der Waals surface area contributed by atoms with Crippen molar-refractivity contribution in [2.45, 2.75) is 18.0 Å². The topological polar surface area (TPSA) is 127 Å². The molecule has 0 unspecified atom stereocenters. The van der Waals surface area contributed by atoms with Crippen molar-refractivity contribution in [2.75, 3.05) is 0 Å². The molecule has 0 spiro atoms. The number of aromatic carboxylic acids is 1. The number of carbonyl (C=O) groups excluding carboxylic acids is 1. The molecule has 0 radical (unpaired) electrons. The lowest BCUT2D eigenvalue weighted by Gasteiger charge is -2.32. The number of aliphatic hydroxyl groups is 1. The van der Waals surface area contributed by atoms with Gasteiger partial charge in [0, 0.05) is 17.7 Å². The summed E-state index contributed by atoms with van der Waals surface area (Å²) < 4.78 is 82.0. The van der Waals surface area contributed by atoms with Crippen molar-refractivity contribution >= 4 is 17.6 Å². The summed E-state index contributed by atoms with van der Waals surface area (Å²) in [7, 11) is 0. The summed E-state index contributed by atoms with van der Waals surface area (Å²) in [5, 5.41) is 29.1. The van der Waals surface area contributed by atoms with E-state index in [-0.39, 0.29) is 12.1 Å². The number of ether oxygens (including phenoxy) is 1. The third-order valence-corrected chi connectivity index (χ3v) is 3.96. The molecule has 0 heterocycles. The van der Waals surface area contributed by atoms with Gasteiger partial charge < -0.3 is 14.9 Å². The third kappa shape index (κ3) is 4.42. The fraction of sp³-hybridized carbons (Fsp3) is 0.176. The van der Waals surface area contributed by atoms with E-state index in [1.165, 1.54) is 0 Å². The second kappa shape index (κ2) is 7.86. The summed E-state index contributed by atoms with van der Waals surface area (Å²) in [6.07, 6.45) is -12.2. The fourth-order valence-electron chi connectivity index (χ4n) is 2.41. The van der Waals surface area contributed by atoms with E-state index >= 15 is 0 Å². The molecule has 8 nitrogen and oxygen atoms in total. The molecule has 14 heteroatoms. The van der Waals surface area contributed by atoms with E-state index in [4.69, 9.17) is 9.84 Å². The van der Waals surface area contributed by atoms with Gasteiger partial charge in [-0.05, 0) is 18.2 Å². The normalized spacial score (nSPS) is 12.4. The molecule has 166 valence electrons. The van der Waals surface area contributed by atoms with Gasteiger partial charge in [-0.25, -0.2) is 9.59 Å². The van der Waals surface area contributed by atoms with Crippen LogP contribution in [0.5, 0.6) is 5.75 Å². The zero-order valence-electron chi connectivity index (χ0n) is 14.7. The number of carboxylic acids is 1. The van der Waals surface area contributed by atoms with Crippen molar-refractivity contribution in [1.29, 1.82) is 0 Å². The largest absolute Gasteiger partial charge is 0.477 e. The highest BCUT2D eigenvalue weighted by Crippen LogP contribution is 2.49. The Morgan fingerprint density at radius 1 is 0.935 bits per heavy atom. The Morgan fingerprint density at radius 2 is 1.45 bits per heavy atom. The second-order valence-corrected chi connectivity index (χ2v) is 5.91. The molecule has 0 aliphatic carbocycles. The zero-order valence-corrected chi connectivity index (χ0v) is 14.7. The minimum atomic E-state index is -6.11. The number of alkyl halides is 6. The summed E-state index contributed by atoms with van der Waals surface area (Å²) in [5.74, 6) is -3.52. The van der Waals surface area contributed by atoms with Gasteiger partial charge in [0.1, 0.15) is 11.3 Å². The monoisotopic (exact) mass is 453 g/mol. The van der Waals surface area contributed by atoms with Crippen LogP contribution < -0.4 is 4.74 Å². The fourth-order valence-corrected chi connectivity index (χ4v) is 2.41. The first kappa shape index (κ1) is 23.6. The van der Waals surface area contributed by atoms with E-state index in [0.717, 1.165) is 12.1 Å². The van der Waals surface area contributed by atoms with E-state index in [2.05, 4.69) is 0 Å². The van der Waals surface area contributed by atoms with Gasteiger partial charge in [0.25, 0.3) is 11.3 Å². The maximum Gasteiger partial charge on any atom is 0.430 e. The summed E-state index contributed by atoms with van der Waals surface area (Å²) in [5.41, 5.74) is -8.98. The van der Waals surface area contributed by atoms with Crippen molar-refractivity contribution in [3.8, 4) is 5.75 Å². The molecule has 0 aliphatic heterocycles. The molecule has 31 heavy (non-hydrogen) atoms. The highest BCUT2D eigenvalue weighted by atomic mass is 19.4. The van der Waals surface area contributed by atoms with E-state index in [0.29, 0.717) is 18.2 Å². The second-order valence-electron chi connectivity index (χ2n) is 5.91. The molecule has 0 bridgehead atoms. The van der Waals surface area contributed by atoms with Crippen molar-refractivity contribution in [3.05, 3.63) is 69.3 Å². The lowest BCUT2D eigenvalue weighted by Crippen LogP contribution is -2.53. The average molecular weight is 453 g/mol. The molecule has 2 aromatic rings. The number of nitro groups is 1. The van der Waals surface area contributed by atoms with Gasteiger partial charge >= 0.3 is 24.3 Å². The molecular formula is C17H9F6NO7. The van der Waals surface area contributed by atoms with Gasteiger partial charge in [-0.1, -0.05) is 12.1 Å². The van der Waals surface area contributed by atoms with Crippen LogP contribution in [0.3, 0.4) is 0 Å². The SMILES string of the molecule is O=C(Oc1ccc([N+](=O)[O-])c(C(=O)O)c1)c1ccc(C(O)(C(F)(F)F)C(F)(F)F)cc1. The smallest absolute Gasteiger partial charge is 0.430 e. The number of nitro benzene ring substituents is 1. The van der Waals surface area contributed by atoms with Crippen LogP contribution in [0, 0.1) is 10.1 Å². The van der Waals surface area contributed by atoms with Gasteiger partial charge in [0.05, 0.1) is 10.5 Å². The summed E-state index contributed by atoms with van der Waals surface area (Å²) in [6, 6.07) is 3.70. The highest BCUT2D eigenvalue weighted by Gasteiger charge is 2.71. The lowest BCUT2D eigenvalue weighted by atomic mass is 9.91. The summed E-state index contributed by atoms with van der Waals surface area (Å²) in [6.45, 7) is 0. The molecular weight excluding hydrogens is 444 g/mol. The Labute approximate surface area is 167 Å². The van der Waals surface area contributed by atoms with Crippen molar-refractivity contribution in [2.24, 2.45) is 0 Å². The average Bonchev–Trinajstić information content (AvgIpc) is 2.65. The van der Waals surface area contributed by atoms with Crippen molar-refractivity contribution in [1.82, 2.24) is 0 Å². The molecule has 2 N–H and O–H groups in total. The molecule has 0 fully saturated rings. The maximum atomic E-state index is 12.9. The number of hydrogen-bond acceptors (Lipinski definition) is 6. The van der Waals surface area contributed by atoms with Crippen LogP contribution in [-0.4, -0.2) is 39.4 Å². The van der Waals surface area contributed by atoms with E-state index in [1.54, 1.807) is 0 Å². The van der Waals surface area contributed by atoms with Crippen LogP contribution in [0.25, 0.3) is 0 Å². The minimum Gasteiger partial charge on any atom is -0.477 e. The number of carbonyl (C=O) groups is 2. The quantitative estimate of drug-likeness (QED) is 0.232. The number of halogens is 6. The Kier molecular flexibility index (Phi) is 5.99. The Balaban J connectivity index is 2.34. The highest BCUT2D eigenvalue weighted by molar-refractivity contribution is 5.94. The molecule has 2 aromatic carbocycles. The zero-order chi connectivity index (χ0) is 23.8. The maximum absolute atomic E-state index is 12.9. The summed E-state index contributed by atoms with van der Waals surface area (Å²) in [4.78, 5) is 32.9. The van der Waals surface area contributed by atoms with E-state index in [9.17, 15) is 51.2 Å². The van der Waals surface area contributed by atoms with Gasteiger partial charge in [-0.3, -0.25) is 10.1 Å². The summed E-state index contributed by atoms with van der Waals surface area (Å²) >= 11 is 0. The molecule has 0 amide bonds. The predicted molar refractivity (Wildman–Crippen MR) is 87.5 cm³/mol. The molecule has 0 saturated heterocycles. The standard InChI is InChI=1S/C17H9F6NO7/c18-16(19,20)15(28,17(21,22)23)9-3-1-8(2-4-9)14(27)31-10-5-6-12(24(29)30)11(7-10)13(25)26/h1-7,28H,(H,25,26). The molecule has 0 saturated carbocycles. The number of esters is 1. The molecule has 0 atom stereocenters. The van der Waals surface area contributed by atoms with Crippen LogP contribution in [-0.2, 0) is 5.60 Å². The van der Waals surface area contributed by atoms with Crippen LogP contribution in [0.1, 0.15) is 26.3 Å². The molecule has 2 rings (SSSR count). The van der Waals surface area contributed by atoms with E-state index in [1.807, 2.05) is 0 Å². The number of hydrogen-bond donors (Lipinski definition) is 2. The van der Waals surface area contributed by atoms with Crippen LogP contribution in [0.15, 0.2) is 42.5 Å². The van der Waals surface area contributed by atoms with Crippen LogP contribution in [0.4, 0.5) is 32.0 Å². The molecule has 0 aliphatic rings.